The summed E-state index contributed by atoms with van der Waals surface area (Å²) in [5, 5.41) is 3.99. The molecule has 0 N–H and O–H groups in total. The molecule has 132 valence electrons. The monoisotopic (exact) mass is 341 g/mol. The summed E-state index contributed by atoms with van der Waals surface area (Å²) < 4.78 is 10.9. The van der Waals surface area contributed by atoms with Gasteiger partial charge in [-0.15, -0.1) is 0 Å². The minimum atomic E-state index is -0.508. The quantitative estimate of drug-likeness (QED) is 0.752. The van der Waals surface area contributed by atoms with E-state index in [1.165, 1.54) is 5.56 Å². The van der Waals surface area contributed by atoms with Gasteiger partial charge in [0, 0.05) is 12.5 Å². The van der Waals surface area contributed by atoms with E-state index in [1.807, 2.05) is 18.2 Å². The van der Waals surface area contributed by atoms with Crippen molar-refractivity contribution in [3.63, 3.8) is 0 Å². The first kappa shape index (κ1) is 16.3. The number of carbonyl (C=O) groups excluding carboxylic acids is 1. The molecule has 1 aliphatic heterocycles. The second-order valence-corrected chi connectivity index (χ2v) is 6.96. The van der Waals surface area contributed by atoms with E-state index in [4.69, 9.17) is 9.26 Å². The molecule has 1 aliphatic carbocycles. The number of hydrogen-bond acceptors (Lipinski definition) is 6. The topological polar surface area (TPSA) is 68.5 Å². The second-order valence-electron chi connectivity index (χ2n) is 6.96. The molecule has 2 atom stereocenters. The molecule has 2 fully saturated rings. The van der Waals surface area contributed by atoms with Gasteiger partial charge in [-0.3, -0.25) is 9.69 Å². The highest BCUT2D eigenvalue weighted by molar-refractivity contribution is 5.76. The van der Waals surface area contributed by atoms with Crippen LogP contribution in [0.1, 0.15) is 61.9 Å². The molecule has 2 aromatic rings. The van der Waals surface area contributed by atoms with Gasteiger partial charge in [-0.2, -0.15) is 4.98 Å². The van der Waals surface area contributed by atoms with Crippen molar-refractivity contribution >= 4 is 5.97 Å². The van der Waals surface area contributed by atoms with Crippen molar-refractivity contribution in [1.82, 2.24) is 15.0 Å². The standard InChI is InChI=1S/C19H23N3O3/c1-13(18-20-17(21-25-18)15-9-10-15)24-19(23)16-8-5-11-22(16)12-14-6-3-2-4-7-14/h2-4,6-7,13,15-16H,5,8-12H2,1H3/t13-,16-/m1/s1. The van der Waals surface area contributed by atoms with Crippen LogP contribution < -0.4 is 0 Å². The molecule has 1 aromatic carbocycles. The maximum absolute atomic E-state index is 12.6. The Morgan fingerprint density at radius 2 is 2.12 bits per heavy atom. The molecule has 0 amide bonds. The van der Waals surface area contributed by atoms with Crippen LogP contribution in [0.3, 0.4) is 0 Å². The van der Waals surface area contributed by atoms with Crippen molar-refractivity contribution in [2.45, 2.75) is 57.2 Å². The molecule has 0 unspecified atom stereocenters. The molecule has 0 spiro atoms. The Hall–Kier alpha value is -2.21. The molecule has 1 aromatic heterocycles. The van der Waals surface area contributed by atoms with E-state index in [0.29, 0.717) is 11.8 Å². The van der Waals surface area contributed by atoms with Gasteiger partial charge in [0.15, 0.2) is 11.9 Å². The van der Waals surface area contributed by atoms with E-state index in [9.17, 15) is 4.79 Å². The van der Waals surface area contributed by atoms with Gasteiger partial charge in [-0.1, -0.05) is 35.5 Å². The van der Waals surface area contributed by atoms with Crippen LogP contribution in [0.15, 0.2) is 34.9 Å². The highest BCUT2D eigenvalue weighted by atomic mass is 16.6. The number of esters is 1. The molecule has 0 bridgehead atoms. The normalized spacial score (nSPS) is 22.0. The van der Waals surface area contributed by atoms with E-state index in [0.717, 1.165) is 44.6 Å². The number of hydrogen-bond donors (Lipinski definition) is 0. The van der Waals surface area contributed by atoms with E-state index in [1.54, 1.807) is 6.92 Å². The van der Waals surface area contributed by atoms with Crippen LogP contribution in [-0.4, -0.2) is 33.6 Å². The third kappa shape index (κ3) is 3.74. The van der Waals surface area contributed by atoms with Gasteiger partial charge >= 0.3 is 5.97 Å². The Bertz CT molecular complexity index is 727. The fraction of sp³-hybridized carbons (Fsp3) is 0.526. The predicted molar refractivity (Wildman–Crippen MR) is 90.7 cm³/mol. The molecular formula is C19H23N3O3. The lowest BCUT2D eigenvalue weighted by Crippen LogP contribution is -2.37. The Morgan fingerprint density at radius 1 is 1.32 bits per heavy atom. The van der Waals surface area contributed by atoms with Gasteiger partial charge in [0.25, 0.3) is 5.89 Å². The summed E-state index contributed by atoms with van der Waals surface area (Å²) in [6.07, 6.45) is 3.56. The molecule has 6 nitrogen and oxygen atoms in total. The summed E-state index contributed by atoms with van der Waals surface area (Å²) in [7, 11) is 0. The maximum Gasteiger partial charge on any atom is 0.324 e. The minimum absolute atomic E-state index is 0.200. The third-order valence-electron chi connectivity index (χ3n) is 4.90. The van der Waals surface area contributed by atoms with Crippen LogP contribution in [0.2, 0.25) is 0 Å². The molecule has 2 aliphatic rings. The first-order valence-electron chi connectivity index (χ1n) is 9.02. The Balaban J connectivity index is 1.37. The van der Waals surface area contributed by atoms with E-state index in [2.05, 4.69) is 27.2 Å². The zero-order valence-corrected chi connectivity index (χ0v) is 14.4. The number of carbonyl (C=O) groups is 1. The minimum Gasteiger partial charge on any atom is -0.451 e. The summed E-state index contributed by atoms with van der Waals surface area (Å²) in [5.41, 5.74) is 1.21. The maximum atomic E-state index is 12.6. The van der Waals surface area contributed by atoms with Crippen LogP contribution in [0, 0.1) is 0 Å². The molecular weight excluding hydrogens is 318 g/mol. The first-order valence-corrected chi connectivity index (χ1v) is 9.02. The number of nitrogens with zero attached hydrogens (tertiary/aromatic N) is 3. The van der Waals surface area contributed by atoms with Gasteiger partial charge < -0.3 is 9.26 Å². The number of benzene rings is 1. The molecule has 1 saturated carbocycles. The molecule has 4 rings (SSSR count). The predicted octanol–water partition coefficient (Wildman–Crippen LogP) is 3.22. The molecule has 2 heterocycles. The third-order valence-corrected chi connectivity index (χ3v) is 4.90. The van der Waals surface area contributed by atoms with Gasteiger partial charge in [-0.05, 0) is 44.7 Å². The first-order chi connectivity index (χ1) is 12.2. The number of rotatable bonds is 6. The van der Waals surface area contributed by atoms with Crippen molar-refractivity contribution in [3.8, 4) is 0 Å². The van der Waals surface area contributed by atoms with Crippen molar-refractivity contribution in [1.29, 1.82) is 0 Å². The van der Waals surface area contributed by atoms with Crippen LogP contribution in [0.5, 0.6) is 0 Å². The van der Waals surface area contributed by atoms with Gasteiger partial charge in [0.05, 0.1) is 0 Å². The lowest BCUT2D eigenvalue weighted by atomic mass is 10.2. The zero-order valence-electron chi connectivity index (χ0n) is 14.4. The summed E-state index contributed by atoms with van der Waals surface area (Å²) in [4.78, 5) is 19.2. The summed E-state index contributed by atoms with van der Waals surface area (Å²) in [6, 6.07) is 10.0. The average molecular weight is 341 g/mol. The Kier molecular flexibility index (Phi) is 4.53. The van der Waals surface area contributed by atoms with Crippen LogP contribution in [0.4, 0.5) is 0 Å². The molecule has 0 radical (unpaired) electrons. The number of aromatic nitrogens is 2. The van der Waals surface area contributed by atoms with Gasteiger partial charge in [-0.25, -0.2) is 0 Å². The summed E-state index contributed by atoms with van der Waals surface area (Å²) >= 11 is 0. The second kappa shape index (κ2) is 6.96. The highest BCUT2D eigenvalue weighted by Crippen LogP contribution is 2.38. The number of likely N-dealkylation sites (tertiary alicyclic amines) is 1. The fourth-order valence-corrected chi connectivity index (χ4v) is 3.32. The SMILES string of the molecule is C[C@@H](OC(=O)[C@H]1CCCN1Cc1ccccc1)c1nc(C2CC2)no1. The molecule has 6 heteroatoms. The van der Waals surface area contributed by atoms with Crippen LogP contribution in [-0.2, 0) is 16.1 Å². The Labute approximate surface area is 147 Å². The average Bonchev–Trinajstić information content (AvgIpc) is 3.17. The van der Waals surface area contributed by atoms with Crippen molar-refractivity contribution in [3.05, 3.63) is 47.6 Å². The van der Waals surface area contributed by atoms with E-state index >= 15 is 0 Å². The van der Waals surface area contributed by atoms with E-state index in [-0.39, 0.29) is 12.0 Å². The van der Waals surface area contributed by atoms with Crippen molar-refractivity contribution < 1.29 is 14.1 Å². The lowest BCUT2D eigenvalue weighted by Gasteiger charge is -2.23. The highest BCUT2D eigenvalue weighted by Gasteiger charge is 2.34. The number of ether oxygens (including phenoxy) is 1. The van der Waals surface area contributed by atoms with Crippen LogP contribution >= 0.6 is 0 Å². The largest absolute Gasteiger partial charge is 0.451 e. The lowest BCUT2D eigenvalue weighted by molar-refractivity contribution is -0.155. The van der Waals surface area contributed by atoms with Gasteiger partial charge in [0.2, 0.25) is 0 Å². The van der Waals surface area contributed by atoms with Gasteiger partial charge in [0.1, 0.15) is 6.04 Å². The summed E-state index contributed by atoms with van der Waals surface area (Å²) in [6.45, 7) is 3.47. The smallest absolute Gasteiger partial charge is 0.324 e. The van der Waals surface area contributed by atoms with Crippen molar-refractivity contribution in [2.75, 3.05) is 6.54 Å². The fourth-order valence-electron chi connectivity index (χ4n) is 3.32. The Morgan fingerprint density at radius 3 is 2.88 bits per heavy atom. The molecule has 1 saturated heterocycles. The molecule has 25 heavy (non-hydrogen) atoms. The van der Waals surface area contributed by atoms with Crippen molar-refractivity contribution in [2.24, 2.45) is 0 Å². The summed E-state index contributed by atoms with van der Waals surface area (Å²) in [5.74, 6) is 1.36. The van der Waals surface area contributed by atoms with E-state index < -0.39 is 6.10 Å². The zero-order chi connectivity index (χ0) is 17.2. The van der Waals surface area contributed by atoms with Crippen LogP contribution in [0.25, 0.3) is 0 Å².